The first kappa shape index (κ1) is 26.3. The number of halogens is 2. The molecule has 0 spiro atoms. The van der Waals surface area contributed by atoms with Gasteiger partial charge in [0.1, 0.15) is 23.7 Å². The Balaban J connectivity index is 1.16. The minimum absolute atomic E-state index is 0.0268. The van der Waals surface area contributed by atoms with E-state index in [1.54, 1.807) is 36.4 Å². The molecular weight excluding hydrogens is 561 g/mol. The highest BCUT2D eigenvalue weighted by Crippen LogP contribution is 2.50. The summed E-state index contributed by atoms with van der Waals surface area (Å²) in [5.41, 5.74) is 2.10. The summed E-state index contributed by atoms with van der Waals surface area (Å²) in [6.45, 7) is 0.142. The molecule has 0 saturated heterocycles. The van der Waals surface area contributed by atoms with E-state index in [9.17, 15) is 13.5 Å². The third kappa shape index (κ3) is 5.16. The van der Waals surface area contributed by atoms with E-state index in [0.717, 1.165) is 29.7 Å². The SMILES string of the molecule is CS(=O)(=O)c1cccc(C2CC(O)(c3cnc(OCc4c(-c5c(Cl)cccc5Cl)noc4C4CC4)cn3)C2)c1. The molecule has 0 unspecified atom stereocenters. The van der Waals surface area contributed by atoms with Gasteiger partial charge in [0.05, 0.1) is 38.6 Å². The summed E-state index contributed by atoms with van der Waals surface area (Å²) in [6, 6.07) is 12.1. The Morgan fingerprint density at radius 2 is 1.77 bits per heavy atom. The molecule has 8 nitrogen and oxygen atoms in total. The van der Waals surface area contributed by atoms with Crippen LogP contribution in [-0.2, 0) is 22.0 Å². The maximum atomic E-state index is 11.9. The van der Waals surface area contributed by atoms with Crippen LogP contribution in [0, 0.1) is 0 Å². The van der Waals surface area contributed by atoms with E-state index in [-0.39, 0.29) is 17.4 Å². The zero-order valence-corrected chi connectivity index (χ0v) is 23.3. The van der Waals surface area contributed by atoms with Crippen LogP contribution in [0.2, 0.25) is 10.0 Å². The molecule has 0 aliphatic heterocycles. The van der Waals surface area contributed by atoms with Crippen molar-refractivity contribution in [3.05, 3.63) is 87.5 Å². The third-order valence-electron chi connectivity index (χ3n) is 7.36. The fourth-order valence-corrected chi connectivity index (χ4v) is 6.28. The van der Waals surface area contributed by atoms with Gasteiger partial charge in [-0.3, -0.25) is 4.98 Å². The second kappa shape index (κ2) is 9.89. The Morgan fingerprint density at radius 1 is 1.05 bits per heavy atom. The molecule has 0 bridgehead atoms. The van der Waals surface area contributed by atoms with Crippen molar-refractivity contribution in [3.63, 3.8) is 0 Å². The summed E-state index contributed by atoms with van der Waals surface area (Å²) in [6.07, 6.45) is 7.06. The van der Waals surface area contributed by atoms with Gasteiger partial charge < -0.3 is 14.4 Å². The molecule has 2 aliphatic rings. The van der Waals surface area contributed by atoms with Crippen molar-refractivity contribution >= 4 is 33.0 Å². The second-order valence-electron chi connectivity index (χ2n) is 10.3. The number of sulfone groups is 1. The molecule has 0 atom stereocenters. The average molecular weight is 586 g/mol. The van der Waals surface area contributed by atoms with E-state index in [2.05, 4.69) is 15.1 Å². The van der Waals surface area contributed by atoms with Crippen LogP contribution >= 0.6 is 23.2 Å². The first-order valence-corrected chi connectivity index (χ1v) is 15.2. The van der Waals surface area contributed by atoms with Crippen LogP contribution in [0.5, 0.6) is 5.88 Å². The molecule has 2 aliphatic carbocycles. The van der Waals surface area contributed by atoms with Crippen molar-refractivity contribution in [2.45, 2.75) is 54.6 Å². The number of aromatic nitrogens is 3. The van der Waals surface area contributed by atoms with Gasteiger partial charge in [-0.25, -0.2) is 13.4 Å². The molecule has 202 valence electrons. The smallest absolute Gasteiger partial charge is 0.232 e. The van der Waals surface area contributed by atoms with Gasteiger partial charge in [-0.1, -0.05) is 46.6 Å². The molecule has 4 aromatic rings. The molecule has 2 saturated carbocycles. The predicted octanol–water partition coefficient (Wildman–Crippen LogP) is 6.06. The minimum atomic E-state index is -3.30. The first-order valence-electron chi connectivity index (χ1n) is 12.5. The lowest BCUT2D eigenvalue weighted by Gasteiger charge is -2.43. The quantitative estimate of drug-likeness (QED) is 0.265. The lowest BCUT2D eigenvalue weighted by molar-refractivity contribution is -0.0590. The molecule has 39 heavy (non-hydrogen) atoms. The van der Waals surface area contributed by atoms with Crippen LogP contribution in [-0.4, -0.2) is 34.9 Å². The molecule has 2 fully saturated rings. The van der Waals surface area contributed by atoms with Gasteiger partial charge in [0, 0.05) is 17.7 Å². The number of hydrogen-bond acceptors (Lipinski definition) is 8. The van der Waals surface area contributed by atoms with Crippen molar-refractivity contribution in [1.82, 2.24) is 15.1 Å². The van der Waals surface area contributed by atoms with Gasteiger partial charge in [0.15, 0.2) is 9.84 Å². The summed E-state index contributed by atoms with van der Waals surface area (Å²) >= 11 is 12.9. The molecule has 1 N–H and O–H groups in total. The molecule has 2 aromatic heterocycles. The Bertz CT molecular complexity index is 1630. The molecule has 2 aromatic carbocycles. The van der Waals surface area contributed by atoms with Crippen LogP contribution in [0.1, 0.15) is 60.1 Å². The van der Waals surface area contributed by atoms with Crippen molar-refractivity contribution in [2.24, 2.45) is 0 Å². The lowest BCUT2D eigenvalue weighted by Crippen LogP contribution is -2.40. The van der Waals surface area contributed by atoms with E-state index >= 15 is 0 Å². The average Bonchev–Trinajstić information content (AvgIpc) is 3.65. The summed E-state index contributed by atoms with van der Waals surface area (Å²) < 4.78 is 35.4. The normalized spacial score (nSPS) is 21.0. The fourth-order valence-electron chi connectivity index (χ4n) is 5.02. The van der Waals surface area contributed by atoms with E-state index < -0.39 is 15.4 Å². The topological polar surface area (TPSA) is 115 Å². The summed E-state index contributed by atoms with van der Waals surface area (Å²) in [5.74, 6) is 1.37. The molecule has 2 heterocycles. The molecule has 11 heteroatoms. The van der Waals surface area contributed by atoms with Gasteiger partial charge >= 0.3 is 0 Å². The summed E-state index contributed by atoms with van der Waals surface area (Å²) in [7, 11) is -3.30. The zero-order chi connectivity index (χ0) is 27.4. The van der Waals surface area contributed by atoms with Crippen LogP contribution < -0.4 is 4.74 Å². The Morgan fingerprint density at radius 3 is 2.41 bits per heavy atom. The zero-order valence-electron chi connectivity index (χ0n) is 21.0. The molecule has 0 amide bonds. The Kier molecular flexibility index (Phi) is 6.66. The fraction of sp³-hybridized carbons (Fsp3) is 0.321. The standard InChI is InChI=1S/C28H25Cl2N3O5S/c1-39(35,36)19-5-2-4-17(10-19)18-11-28(34,12-18)23-13-32-24(14-31-23)37-15-20-26(33-38-27(20)16-8-9-16)25-21(29)6-3-7-22(25)30/h2-7,10,13-14,16,18,34H,8-9,11-12,15H2,1H3. The van der Waals surface area contributed by atoms with Crippen LogP contribution in [0.4, 0.5) is 0 Å². The van der Waals surface area contributed by atoms with Crippen molar-refractivity contribution < 1.29 is 22.8 Å². The largest absolute Gasteiger partial charge is 0.471 e. The maximum Gasteiger partial charge on any atom is 0.232 e. The lowest BCUT2D eigenvalue weighted by atomic mass is 9.66. The highest BCUT2D eigenvalue weighted by Gasteiger charge is 2.46. The van der Waals surface area contributed by atoms with Gasteiger partial charge in [0.2, 0.25) is 5.88 Å². The first-order chi connectivity index (χ1) is 18.6. The van der Waals surface area contributed by atoms with Crippen molar-refractivity contribution in [2.75, 3.05) is 6.26 Å². The number of hydrogen-bond donors (Lipinski definition) is 1. The monoisotopic (exact) mass is 585 g/mol. The van der Waals surface area contributed by atoms with E-state index in [1.165, 1.54) is 18.6 Å². The van der Waals surface area contributed by atoms with Crippen LogP contribution in [0.3, 0.4) is 0 Å². The van der Waals surface area contributed by atoms with Crippen molar-refractivity contribution in [3.8, 4) is 17.1 Å². The second-order valence-corrected chi connectivity index (χ2v) is 13.1. The predicted molar refractivity (Wildman–Crippen MR) is 146 cm³/mol. The Labute approximate surface area is 235 Å². The van der Waals surface area contributed by atoms with Gasteiger partial charge in [-0.15, -0.1) is 0 Å². The minimum Gasteiger partial charge on any atom is -0.471 e. The molecule has 0 radical (unpaired) electrons. The van der Waals surface area contributed by atoms with Gasteiger partial charge in [-0.2, -0.15) is 0 Å². The third-order valence-corrected chi connectivity index (χ3v) is 9.10. The maximum absolute atomic E-state index is 11.9. The Hall–Kier alpha value is -2.98. The highest BCUT2D eigenvalue weighted by molar-refractivity contribution is 7.90. The number of benzene rings is 2. The molecule has 6 rings (SSSR count). The number of aliphatic hydroxyl groups is 1. The van der Waals surface area contributed by atoms with Crippen LogP contribution in [0.15, 0.2) is 64.3 Å². The summed E-state index contributed by atoms with van der Waals surface area (Å²) in [5, 5.41) is 16.3. The van der Waals surface area contributed by atoms with E-state index in [1.807, 2.05) is 6.07 Å². The number of ether oxygens (including phenoxy) is 1. The van der Waals surface area contributed by atoms with Gasteiger partial charge in [-0.05, 0) is 61.4 Å². The van der Waals surface area contributed by atoms with Crippen LogP contribution in [0.25, 0.3) is 11.3 Å². The highest BCUT2D eigenvalue weighted by atomic mass is 35.5. The molecular formula is C28H25Cl2N3O5S. The van der Waals surface area contributed by atoms with Crippen molar-refractivity contribution in [1.29, 1.82) is 0 Å². The number of rotatable bonds is 8. The number of nitrogens with zero attached hydrogens (tertiary/aromatic N) is 3. The van der Waals surface area contributed by atoms with Gasteiger partial charge in [0.25, 0.3) is 0 Å². The summed E-state index contributed by atoms with van der Waals surface area (Å²) in [4.78, 5) is 9.06. The van der Waals surface area contributed by atoms with E-state index in [0.29, 0.717) is 51.6 Å². The van der Waals surface area contributed by atoms with E-state index in [4.69, 9.17) is 32.5 Å².